The first kappa shape index (κ1) is 14.3. The Morgan fingerprint density at radius 2 is 2.00 bits per heavy atom. The quantitative estimate of drug-likeness (QED) is 0.840. The van der Waals surface area contributed by atoms with E-state index in [1.807, 2.05) is 0 Å². The molecule has 0 saturated carbocycles. The molecular formula is C14H19N3O3. The molecule has 0 spiro atoms. The van der Waals surface area contributed by atoms with Crippen molar-refractivity contribution in [1.82, 2.24) is 15.2 Å². The summed E-state index contributed by atoms with van der Waals surface area (Å²) in [5, 5.41) is 2.58. The van der Waals surface area contributed by atoms with Crippen LogP contribution in [-0.2, 0) is 4.79 Å². The van der Waals surface area contributed by atoms with Crippen molar-refractivity contribution in [2.75, 3.05) is 13.1 Å². The average Bonchev–Trinajstić information content (AvgIpc) is 2.91. The van der Waals surface area contributed by atoms with Gasteiger partial charge < -0.3 is 15.2 Å². The zero-order valence-electron chi connectivity index (χ0n) is 11.7. The van der Waals surface area contributed by atoms with Gasteiger partial charge in [0.15, 0.2) is 5.43 Å². The molecular weight excluding hydrogens is 258 g/mol. The molecule has 0 radical (unpaired) electrons. The van der Waals surface area contributed by atoms with Gasteiger partial charge in [0.1, 0.15) is 11.6 Å². The van der Waals surface area contributed by atoms with Crippen LogP contribution in [0.3, 0.4) is 0 Å². The standard InChI is InChI=1S/C14H19N3O3/c1-9-7-12(18)11(8-15-9)13(19)16-10(2)14(20)17-5-3-4-6-17/h7-8,10H,3-6H2,1-2H3,(H,15,18)(H,16,19). The highest BCUT2D eigenvalue weighted by Gasteiger charge is 2.25. The van der Waals surface area contributed by atoms with Crippen molar-refractivity contribution in [2.24, 2.45) is 0 Å². The van der Waals surface area contributed by atoms with Crippen molar-refractivity contribution in [3.8, 4) is 0 Å². The number of aromatic amines is 1. The van der Waals surface area contributed by atoms with Crippen molar-refractivity contribution < 1.29 is 9.59 Å². The highest BCUT2D eigenvalue weighted by molar-refractivity contribution is 5.97. The fourth-order valence-corrected chi connectivity index (χ4v) is 2.30. The number of carbonyl (C=O) groups is 2. The van der Waals surface area contributed by atoms with Crippen LogP contribution in [0.4, 0.5) is 0 Å². The summed E-state index contributed by atoms with van der Waals surface area (Å²) in [6.45, 7) is 4.86. The summed E-state index contributed by atoms with van der Waals surface area (Å²) in [6, 6.07) is 0.739. The highest BCUT2D eigenvalue weighted by atomic mass is 16.2. The third kappa shape index (κ3) is 3.07. The molecule has 1 saturated heterocycles. The lowest BCUT2D eigenvalue weighted by Gasteiger charge is -2.21. The molecule has 20 heavy (non-hydrogen) atoms. The molecule has 1 aromatic heterocycles. The molecule has 1 aliphatic heterocycles. The molecule has 6 nitrogen and oxygen atoms in total. The van der Waals surface area contributed by atoms with Gasteiger partial charge in [-0.1, -0.05) is 0 Å². The number of aryl methyl sites for hydroxylation is 1. The smallest absolute Gasteiger partial charge is 0.257 e. The summed E-state index contributed by atoms with van der Waals surface area (Å²) in [7, 11) is 0. The molecule has 2 amide bonds. The van der Waals surface area contributed by atoms with Crippen LogP contribution in [0.1, 0.15) is 35.8 Å². The number of nitrogens with zero attached hydrogens (tertiary/aromatic N) is 1. The van der Waals surface area contributed by atoms with Crippen LogP contribution in [0.2, 0.25) is 0 Å². The molecule has 2 rings (SSSR count). The van der Waals surface area contributed by atoms with Crippen LogP contribution in [0.25, 0.3) is 0 Å². The number of H-pyrrole nitrogens is 1. The Bertz CT molecular complexity index is 573. The minimum atomic E-state index is -0.624. The lowest BCUT2D eigenvalue weighted by molar-refractivity contribution is -0.131. The summed E-state index contributed by atoms with van der Waals surface area (Å²) in [5.41, 5.74) is 0.365. The molecule has 2 heterocycles. The van der Waals surface area contributed by atoms with E-state index >= 15 is 0 Å². The Morgan fingerprint density at radius 1 is 1.35 bits per heavy atom. The van der Waals surface area contributed by atoms with Gasteiger partial charge in [-0.05, 0) is 26.7 Å². The number of hydrogen-bond donors (Lipinski definition) is 2. The van der Waals surface area contributed by atoms with E-state index in [1.165, 1.54) is 12.3 Å². The molecule has 0 aliphatic carbocycles. The van der Waals surface area contributed by atoms with Gasteiger partial charge in [-0.2, -0.15) is 0 Å². The fraction of sp³-hybridized carbons (Fsp3) is 0.500. The third-order valence-corrected chi connectivity index (χ3v) is 3.44. The zero-order valence-corrected chi connectivity index (χ0v) is 11.7. The summed E-state index contributed by atoms with van der Waals surface area (Å²) >= 11 is 0. The molecule has 1 unspecified atom stereocenters. The zero-order chi connectivity index (χ0) is 14.7. The van der Waals surface area contributed by atoms with Crippen LogP contribution in [0, 0.1) is 6.92 Å². The number of hydrogen-bond acceptors (Lipinski definition) is 3. The Morgan fingerprint density at radius 3 is 2.60 bits per heavy atom. The average molecular weight is 277 g/mol. The van der Waals surface area contributed by atoms with Gasteiger partial charge in [-0.3, -0.25) is 14.4 Å². The molecule has 0 aromatic carbocycles. The third-order valence-electron chi connectivity index (χ3n) is 3.44. The largest absolute Gasteiger partial charge is 0.364 e. The first-order chi connectivity index (χ1) is 9.49. The monoisotopic (exact) mass is 277 g/mol. The number of likely N-dealkylation sites (tertiary alicyclic amines) is 1. The predicted molar refractivity (Wildman–Crippen MR) is 74.5 cm³/mol. The number of aromatic nitrogens is 1. The van der Waals surface area contributed by atoms with E-state index in [2.05, 4.69) is 10.3 Å². The maximum atomic E-state index is 12.1. The summed E-state index contributed by atoms with van der Waals surface area (Å²) < 4.78 is 0. The minimum absolute atomic E-state index is 0.0247. The van der Waals surface area contributed by atoms with E-state index in [1.54, 1.807) is 18.7 Å². The summed E-state index contributed by atoms with van der Waals surface area (Å²) in [4.78, 5) is 40.4. The van der Waals surface area contributed by atoms with Gasteiger partial charge in [0.05, 0.1) is 0 Å². The number of nitrogens with one attached hydrogen (secondary N) is 2. The number of rotatable bonds is 3. The van der Waals surface area contributed by atoms with Gasteiger partial charge in [0, 0.05) is 31.0 Å². The number of carbonyl (C=O) groups excluding carboxylic acids is 2. The molecule has 1 aromatic rings. The number of amides is 2. The Hall–Kier alpha value is -2.11. The van der Waals surface area contributed by atoms with Crippen LogP contribution in [0.5, 0.6) is 0 Å². The van der Waals surface area contributed by atoms with Gasteiger partial charge in [0.2, 0.25) is 5.91 Å². The maximum Gasteiger partial charge on any atom is 0.257 e. The molecule has 1 fully saturated rings. The highest BCUT2D eigenvalue weighted by Crippen LogP contribution is 2.09. The lowest BCUT2D eigenvalue weighted by atomic mass is 10.2. The van der Waals surface area contributed by atoms with Crippen molar-refractivity contribution in [3.05, 3.63) is 33.7 Å². The van der Waals surface area contributed by atoms with E-state index in [0.29, 0.717) is 5.69 Å². The Balaban J connectivity index is 2.03. The predicted octanol–water partition coefficient (Wildman–Crippen LogP) is 0.424. The van der Waals surface area contributed by atoms with Crippen molar-refractivity contribution in [1.29, 1.82) is 0 Å². The van der Waals surface area contributed by atoms with Gasteiger partial charge in [-0.15, -0.1) is 0 Å². The van der Waals surface area contributed by atoms with Crippen molar-refractivity contribution in [3.63, 3.8) is 0 Å². The first-order valence-electron chi connectivity index (χ1n) is 6.78. The maximum absolute atomic E-state index is 12.1. The van der Waals surface area contributed by atoms with Crippen LogP contribution >= 0.6 is 0 Å². The fourth-order valence-electron chi connectivity index (χ4n) is 2.30. The molecule has 0 bridgehead atoms. The second-order valence-corrected chi connectivity index (χ2v) is 5.12. The van der Waals surface area contributed by atoms with E-state index in [-0.39, 0.29) is 16.9 Å². The van der Waals surface area contributed by atoms with E-state index < -0.39 is 11.9 Å². The molecule has 108 valence electrons. The topological polar surface area (TPSA) is 82.3 Å². The molecule has 1 atom stereocenters. The van der Waals surface area contributed by atoms with E-state index in [4.69, 9.17) is 0 Å². The van der Waals surface area contributed by atoms with Crippen molar-refractivity contribution in [2.45, 2.75) is 32.7 Å². The minimum Gasteiger partial charge on any atom is -0.364 e. The Kier molecular flexibility index (Phi) is 4.22. The van der Waals surface area contributed by atoms with Crippen LogP contribution in [0.15, 0.2) is 17.1 Å². The van der Waals surface area contributed by atoms with Crippen molar-refractivity contribution >= 4 is 11.8 Å². The normalized spacial score (nSPS) is 16.0. The van der Waals surface area contributed by atoms with Gasteiger partial charge in [0.25, 0.3) is 5.91 Å². The van der Waals surface area contributed by atoms with Gasteiger partial charge >= 0.3 is 0 Å². The SMILES string of the molecule is Cc1cc(=O)c(C(=O)NC(C)C(=O)N2CCCC2)c[nH]1. The second kappa shape index (κ2) is 5.90. The Labute approximate surface area is 117 Å². The molecule has 1 aliphatic rings. The van der Waals surface area contributed by atoms with Gasteiger partial charge in [-0.25, -0.2) is 0 Å². The second-order valence-electron chi connectivity index (χ2n) is 5.12. The first-order valence-corrected chi connectivity index (χ1v) is 6.78. The lowest BCUT2D eigenvalue weighted by Crippen LogP contribution is -2.46. The summed E-state index contributed by atoms with van der Waals surface area (Å²) in [5.74, 6) is -0.620. The van der Waals surface area contributed by atoms with Crippen LogP contribution in [-0.4, -0.2) is 40.8 Å². The van der Waals surface area contributed by atoms with E-state index in [0.717, 1.165) is 25.9 Å². The van der Waals surface area contributed by atoms with Crippen LogP contribution < -0.4 is 10.7 Å². The molecule has 6 heteroatoms. The number of pyridine rings is 1. The van der Waals surface area contributed by atoms with E-state index in [9.17, 15) is 14.4 Å². The summed E-state index contributed by atoms with van der Waals surface area (Å²) in [6.07, 6.45) is 3.38. The molecule has 2 N–H and O–H groups in total.